The van der Waals surface area contributed by atoms with Crippen molar-refractivity contribution in [1.29, 1.82) is 0 Å². The number of hydrogen-bond donors (Lipinski definition) is 1. The molecular formula is C17H26ClIN4O. The highest BCUT2D eigenvalue weighted by Crippen LogP contribution is 2.10. The van der Waals surface area contributed by atoms with E-state index >= 15 is 0 Å². The third kappa shape index (κ3) is 6.47. The number of carbonyl (C=O) groups is 1. The van der Waals surface area contributed by atoms with E-state index in [0.29, 0.717) is 0 Å². The standard InChI is InChI=1S/C17H25ClN4O.HI/c1-3-19-17(22-12-10-21(11-13-22)14(2)23)20-9-8-15-4-6-16(18)7-5-15;/h4-7H,3,8-13H2,1-2H3,(H,19,20);1H. The lowest BCUT2D eigenvalue weighted by Gasteiger charge is -2.36. The van der Waals surface area contributed by atoms with Crippen LogP contribution in [0, 0.1) is 0 Å². The molecule has 0 unspecified atom stereocenters. The zero-order valence-corrected chi connectivity index (χ0v) is 17.4. The van der Waals surface area contributed by atoms with Crippen LogP contribution in [0.2, 0.25) is 5.02 Å². The van der Waals surface area contributed by atoms with Crippen LogP contribution in [0.5, 0.6) is 0 Å². The Morgan fingerprint density at radius 2 is 1.75 bits per heavy atom. The zero-order chi connectivity index (χ0) is 16.7. The summed E-state index contributed by atoms with van der Waals surface area (Å²) < 4.78 is 0. The number of amides is 1. The van der Waals surface area contributed by atoms with Gasteiger partial charge >= 0.3 is 0 Å². The lowest BCUT2D eigenvalue weighted by molar-refractivity contribution is -0.130. The Morgan fingerprint density at radius 3 is 2.29 bits per heavy atom. The van der Waals surface area contributed by atoms with Gasteiger partial charge in [0.2, 0.25) is 5.91 Å². The van der Waals surface area contributed by atoms with Crippen LogP contribution in [0.1, 0.15) is 19.4 Å². The van der Waals surface area contributed by atoms with Crippen molar-refractivity contribution >= 4 is 47.4 Å². The predicted molar refractivity (Wildman–Crippen MR) is 110 cm³/mol. The Hall–Kier alpha value is -1.02. The predicted octanol–water partition coefficient (Wildman–Crippen LogP) is 2.63. The van der Waals surface area contributed by atoms with Gasteiger partial charge in [0, 0.05) is 51.2 Å². The highest BCUT2D eigenvalue weighted by atomic mass is 127. The Kier molecular flexibility index (Phi) is 9.43. The van der Waals surface area contributed by atoms with Crippen LogP contribution in [0.4, 0.5) is 0 Å². The average Bonchev–Trinajstić information content (AvgIpc) is 2.56. The molecule has 2 rings (SSSR count). The number of nitrogens with one attached hydrogen (secondary N) is 1. The Balaban J connectivity index is 0.00000288. The van der Waals surface area contributed by atoms with Crippen LogP contribution in [0.15, 0.2) is 29.3 Å². The van der Waals surface area contributed by atoms with Crippen molar-refractivity contribution in [2.75, 3.05) is 39.3 Å². The third-order valence-electron chi connectivity index (χ3n) is 3.93. The minimum absolute atomic E-state index is 0. The number of nitrogens with zero attached hydrogens (tertiary/aromatic N) is 3. The maximum atomic E-state index is 11.4. The summed E-state index contributed by atoms with van der Waals surface area (Å²) in [6.45, 7) is 8.44. The smallest absolute Gasteiger partial charge is 0.219 e. The van der Waals surface area contributed by atoms with Crippen molar-refractivity contribution < 1.29 is 4.79 Å². The molecule has 1 aliphatic heterocycles. The maximum Gasteiger partial charge on any atom is 0.219 e. The van der Waals surface area contributed by atoms with Gasteiger partial charge in [-0.25, -0.2) is 0 Å². The molecule has 0 aromatic heterocycles. The van der Waals surface area contributed by atoms with E-state index < -0.39 is 0 Å². The van der Waals surface area contributed by atoms with Gasteiger partial charge in [-0.1, -0.05) is 23.7 Å². The topological polar surface area (TPSA) is 47.9 Å². The zero-order valence-electron chi connectivity index (χ0n) is 14.3. The molecule has 0 saturated carbocycles. The number of carbonyl (C=O) groups excluding carboxylic acids is 1. The van der Waals surface area contributed by atoms with Crippen LogP contribution in [-0.4, -0.2) is 60.9 Å². The molecule has 0 aliphatic carbocycles. The molecule has 0 bridgehead atoms. The van der Waals surface area contributed by atoms with E-state index in [9.17, 15) is 4.79 Å². The summed E-state index contributed by atoms with van der Waals surface area (Å²) in [4.78, 5) is 20.2. The summed E-state index contributed by atoms with van der Waals surface area (Å²) in [6.07, 6.45) is 0.888. The van der Waals surface area contributed by atoms with E-state index in [2.05, 4.69) is 17.1 Å². The summed E-state index contributed by atoms with van der Waals surface area (Å²) in [6, 6.07) is 7.90. The van der Waals surface area contributed by atoms with Gasteiger partial charge < -0.3 is 15.1 Å². The first kappa shape index (κ1) is 21.0. The Bertz CT molecular complexity index is 542. The van der Waals surface area contributed by atoms with Crippen molar-refractivity contribution in [2.24, 2.45) is 4.99 Å². The number of guanidine groups is 1. The molecule has 0 spiro atoms. The molecule has 0 radical (unpaired) electrons. The van der Waals surface area contributed by atoms with E-state index in [-0.39, 0.29) is 29.9 Å². The fraction of sp³-hybridized carbons (Fsp3) is 0.529. The van der Waals surface area contributed by atoms with Crippen LogP contribution >= 0.6 is 35.6 Å². The molecule has 1 heterocycles. The first-order valence-corrected chi connectivity index (χ1v) is 8.51. The summed E-state index contributed by atoms with van der Waals surface area (Å²) in [5.41, 5.74) is 1.23. The molecule has 1 aromatic rings. The second-order valence-corrected chi connectivity index (χ2v) is 6.04. The van der Waals surface area contributed by atoms with E-state index in [1.807, 2.05) is 29.2 Å². The van der Waals surface area contributed by atoms with Crippen LogP contribution in [-0.2, 0) is 11.2 Å². The molecule has 134 valence electrons. The molecule has 0 atom stereocenters. The summed E-state index contributed by atoms with van der Waals surface area (Å²) >= 11 is 5.90. The molecule has 24 heavy (non-hydrogen) atoms. The average molecular weight is 465 g/mol. The highest BCUT2D eigenvalue weighted by Gasteiger charge is 2.20. The minimum atomic E-state index is 0. The van der Waals surface area contributed by atoms with Crippen LogP contribution in [0.25, 0.3) is 0 Å². The van der Waals surface area contributed by atoms with Gasteiger partial charge in [-0.15, -0.1) is 24.0 Å². The molecule has 7 heteroatoms. The maximum absolute atomic E-state index is 11.4. The highest BCUT2D eigenvalue weighted by molar-refractivity contribution is 14.0. The van der Waals surface area contributed by atoms with Crippen LogP contribution < -0.4 is 5.32 Å². The van der Waals surface area contributed by atoms with Crippen molar-refractivity contribution in [3.63, 3.8) is 0 Å². The lowest BCUT2D eigenvalue weighted by Crippen LogP contribution is -2.53. The molecule has 1 aliphatic rings. The van der Waals surface area contributed by atoms with E-state index in [4.69, 9.17) is 16.6 Å². The number of hydrogen-bond acceptors (Lipinski definition) is 2. The summed E-state index contributed by atoms with van der Waals surface area (Å²) in [5.74, 6) is 1.08. The van der Waals surface area contributed by atoms with Gasteiger partial charge in [0.1, 0.15) is 0 Å². The molecule has 1 fully saturated rings. The minimum Gasteiger partial charge on any atom is -0.357 e. The van der Waals surface area contributed by atoms with Gasteiger partial charge in [-0.2, -0.15) is 0 Å². The second kappa shape index (κ2) is 10.8. The molecular weight excluding hydrogens is 439 g/mol. The van der Waals surface area contributed by atoms with Crippen molar-refractivity contribution in [3.05, 3.63) is 34.9 Å². The molecule has 1 N–H and O–H groups in total. The van der Waals surface area contributed by atoms with E-state index in [0.717, 1.165) is 56.7 Å². The van der Waals surface area contributed by atoms with Gasteiger partial charge in [0.25, 0.3) is 0 Å². The molecule has 1 saturated heterocycles. The van der Waals surface area contributed by atoms with Crippen molar-refractivity contribution in [3.8, 4) is 0 Å². The number of aliphatic imine (C=N–C) groups is 1. The van der Waals surface area contributed by atoms with Gasteiger partial charge in [-0.05, 0) is 31.0 Å². The van der Waals surface area contributed by atoms with Crippen molar-refractivity contribution in [1.82, 2.24) is 15.1 Å². The summed E-state index contributed by atoms with van der Waals surface area (Å²) in [7, 11) is 0. The first-order valence-electron chi connectivity index (χ1n) is 8.13. The Morgan fingerprint density at radius 1 is 1.17 bits per heavy atom. The second-order valence-electron chi connectivity index (χ2n) is 5.61. The number of piperazine rings is 1. The number of halogens is 2. The fourth-order valence-electron chi connectivity index (χ4n) is 2.60. The fourth-order valence-corrected chi connectivity index (χ4v) is 2.73. The number of rotatable bonds is 4. The normalized spacial score (nSPS) is 15.0. The van der Waals surface area contributed by atoms with E-state index in [1.165, 1.54) is 5.56 Å². The van der Waals surface area contributed by atoms with Gasteiger partial charge in [0.05, 0.1) is 0 Å². The quantitative estimate of drug-likeness (QED) is 0.423. The largest absolute Gasteiger partial charge is 0.357 e. The molecule has 1 aromatic carbocycles. The van der Waals surface area contributed by atoms with Gasteiger partial charge in [0.15, 0.2) is 5.96 Å². The van der Waals surface area contributed by atoms with E-state index in [1.54, 1.807) is 6.92 Å². The SMILES string of the molecule is CCNC(=NCCc1ccc(Cl)cc1)N1CCN(C(C)=O)CC1.I. The molecule has 5 nitrogen and oxygen atoms in total. The third-order valence-corrected chi connectivity index (χ3v) is 4.19. The van der Waals surface area contributed by atoms with Gasteiger partial charge in [-0.3, -0.25) is 9.79 Å². The van der Waals surface area contributed by atoms with Crippen molar-refractivity contribution in [2.45, 2.75) is 20.3 Å². The molecule has 1 amide bonds. The van der Waals surface area contributed by atoms with Crippen LogP contribution in [0.3, 0.4) is 0 Å². The first-order chi connectivity index (χ1) is 11.1. The summed E-state index contributed by atoms with van der Waals surface area (Å²) in [5, 5.41) is 4.10. The lowest BCUT2D eigenvalue weighted by atomic mass is 10.1. The monoisotopic (exact) mass is 464 g/mol. The Labute approximate surface area is 166 Å². The number of benzene rings is 1.